The Kier molecular flexibility index (Phi) is 5.66. The maximum absolute atomic E-state index is 14.3. The Hall–Kier alpha value is -2.92. The Balaban J connectivity index is 1.82. The molecule has 0 spiro atoms. The van der Waals surface area contributed by atoms with Crippen molar-refractivity contribution in [2.45, 2.75) is 6.04 Å². The van der Waals surface area contributed by atoms with E-state index >= 15 is 0 Å². The molecule has 1 fully saturated rings. The van der Waals surface area contributed by atoms with Crippen molar-refractivity contribution >= 4 is 28.9 Å². The average Bonchev–Trinajstić information content (AvgIpc) is 2.66. The minimum absolute atomic E-state index is 0.0574. The fourth-order valence-corrected chi connectivity index (χ4v) is 3.63. The summed E-state index contributed by atoms with van der Waals surface area (Å²) in [6.07, 6.45) is 1.21. The number of carbonyl (C=O) groups excluding carboxylic acids is 1. The van der Waals surface area contributed by atoms with Gasteiger partial charge in [0.15, 0.2) is 17.3 Å². The number of amides is 1. The number of rotatable bonds is 4. The second-order valence-electron chi connectivity index (χ2n) is 5.93. The standard InChI is InChI=1S/C17H17F2N5O3S/c1-24-17(20)23-14(8-28(24)26)11-5-9(3-4-12(11)18)22-16(25)15-13(19)6-10(27-2)7-21-15/h3-7,14H,8H2,1-2H3,(H2,20,23)(H,22,25). The van der Waals surface area contributed by atoms with Crippen LogP contribution in [0.4, 0.5) is 14.5 Å². The summed E-state index contributed by atoms with van der Waals surface area (Å²) < 4.78 is 46.4. The molecule has 2 aromatic rings. The Labute approximate surface area is 162 Å². The van der Waals surface area contributed by atoms with Crippen molar-refractivity contribution in [3.63, 3.8) is 0 Å². The molecular formula is C17H17F2N5O3S. The van der Waals surface area contributed by atoms with Crippen molar-refractivity contribution in [1.82, 2.24) is 14.6 Å². The van der Waals surface area contributed by atoms with Crippen molar-refractivity contribution in [2.75, 3.05) is 25.2 Å². The summed E-state index contributed by atoms with van der Waals surface area (Å²) >= 11 is -1.49. The third kappa shape index (κ3) is 3.99. The number of nitrogens with one attached hydrogen (secondary N) is 3. The van der Waals surface area contributed by atoms with Gasteiger partial charge in [0.05, 0.1) is 31.7 Å². The smallest absolute Gasteiger partial charge is 0.277 e. The van der Waals surface area contributed by atoms with Crippen molar-refractivity contribution in [2.24, 2.45) is 0 Å². The molecule has 28 heavy (non-hydrogen) atoms. The van der Waals surface area contributed by atoms with E-state index in [9.17, 15) is 18.1 Å². The van der Waals surface area contributed by atoms with Crippen LogP contribution in [0.1, 0.15) is 22.1 Å². The molecule has 0 saturated carbocycles. The van der Waals surface area contributed by atoms with Crippen molar-refractivity contribution < 1.29 is 22.9 Å². The van der Waals surface area contributed by atoms with Crippen LogP contribution in [0.25, 0.3) is 0 Å². The second kappa shape index (κ2) is 7.98. The molecule has 1 aliphatic heterocycles. The molecule has 1 aromatic carbocycles. The van der Waals surface area contributed by atoms with Crippen molar-refractivity contribution in [1.29, 1.82) is 5.41 Å². The number of hydrogen-bond donors (Lipinski definition) is 3. The van der Waals surface area contributed by atoms with E-state index in [4.69, 9.17) is 10.1 Å². The van der Waals surface area contributed by atoms with Gasteiger partial charge in [-0.15, -0.1) is 0 Å². The van der Waals surface area contributed by atoms with Crippen molar-refractivity contribution in [3.05, 3.63) is 53.4 Å². The minimum Gasteiger partial charge on any atom is -0.593 e. The van der Waals surface area contributed by atoms with Gasteiger partial charge in [-0.1, -0.05) is 0 Å². The van der Waals surface area contributed by atoms with E-state index in [1.165, 1.54) is 36.8 Å². The highest BCUT2D eigenvalue weighted by Crippen LogP contribution is 2.26. The third-order valence-electron chi connectivity index (χ3n) is 4.14. The maximum Gasteiger partial charge on any atom is 0.277 e. The fourth-order valence-electron chi connectivity index (χ4n) is 2.60. The zero-order valence-corrected chi connectivity index (χ0v) is 15.8. The number of carbonyl (C=O) groups is 1. The average molecular weight is 409 g/mol. The number of nitrogens with zero attached hydrogens (tertiary/aromatic N) is 2. The molecule has 1 amide bonds. The summed E-state index contributed by atoms with van der Waals surface area (Å²) in [7, 11) is 2.84. The van der Waals surface area contributed by atoms with Gasteiger partial charge >= 0.3 is 0 Å². The number of benzene rings is 1. The molecule has 1 aliphatic rings. The van der Waals surface area contributed by atoms with Crippen LogP contribution in [-0.4, -0.2) is 45.6 Å². The van der Waals surface area contributed by atoms with Gasteiger partial charge in [-0.25, -0.2) is 13.8 Å². The van der Waals surface area contributed by atoms with Gasteiger partial charge in [-0.3, -0.25) is 10.2 Å². The first kappa shape index (κ1) is 19.8. The van der Waals surface area contributed by atoms with Gasteiger partial charge in [0, 0.05) is 17.3 Å². The van der Waals surface area contributed by atoms with Crippen LogP contribution in [0, 0.1) is 17.0 Å². The van der Waals surface area contributed by atoms with E-state index < -0.39 is 40.6 Å². The summed E-state index contributed by atoms with van der Waals surface area (Å²) in [6.45, 7) is 0. The van der Waals surface area contributed by atoms with Crippen LogP contribution in [-0.2, 0) is 11.4 Å². The van der Waals surface area contributed by atoms with E-state index in [-0.39, 0.29) is 28.7 Å². The van der Waals surface area contributed by atoms with Crippen LogP contribution in [0.2, 0.25) is 0 Å². The summed E-state index contributed by atoms with van der Waals surface area (Å²) in [4.78, 5) is 16.0. The largest absolute Gasteiger partial charge is 0.593 e. The molecule has 2 unspecified atom stereocenters. The Bertz CT molecular complexity index is 930. The summed E-state index contributed by atoms with van der Waals surface area (Å²) in [5.74, 6) is -2.14. The molecule has 148 valence electrons. The van der Waals surface area contributed by atoms with Crippen LogP contribution in [0.15, 0.2) is 30.5 Å². The minimum atomic E-state index is -1.49. The Morgan fingerprint density at radius 1 is 1.43 bits per heavy atom. The van der Waals surface area contributed by atoms with E-state index in [1.807, 2.05) is 0 Å². The quantitative estimate of drug-likeness (QED) is 0.664. The number of pyridine rings is 1. The maximum atomic E-state index is 14.3. The van der Waals surface area contributed by atoms with Gasteiger partial charge in [-0.05, 0) is 18.2 Å². The molecule has 0 radical (unpaired) electrons. The Morgan fingerprint density at radius 3 is 2.82 bits per heavy atom. The number of guanidine groups is 1. The molecule has 2 heterocycles. The molecular weight excluding hydrogens is 392 g/mol. The molecule has 3 N–H and O–H groups in total. The highest BCUT2D eigenvalue weighted by Gasteiger charge is 2.33. The van der Waals surface area contributed by atoms with Crippen LogP contribution < -0.4 is 15.4 Å². The SMILES string of the molecule is COc1cnc(C(=O)Nc2ccc(F)c(C3C[S+]([O-])N(C)C(=N)N3)c2)c(F)c1. The first-order chi connectivity index (χ1) is 13.3. The summed E-state index contributed by atoms with van der Waals surface area (Å²) in [5.41, 5.74) is -0.101. The van der Waals surface area contributed by atoms with E-state index in [0.29, 0.717) is 0 Å². The highest BCUT2D eigenvalue weighted by molar-refractivity contribution is 7.89. The molecule has 0 aliphatic carbocycles. The van der Waals surface area contributed by atoms with Gasteiger partial charge in [0.25, 0.3) is 5.91 Å². The van der Waals surface area contributed by atoms with Crippen LogP contribution >= 0.6 is 0 Å². The molecule has 1 saturated heterocycles. The normalized spacial score (nSPS) is 19.2. The highest BCUT2D eigenvalue weighted by atomic mass is 32.2. The predicted molar refractivity (Wildman–Crippen MR) is 99.5 cm³/mol. The lowest BCUT2D eigenvalue weighted by Gasteiger charge is -2.33. The van der Waals surface area contributed by atoms with Gasteiger partial charge < -0.3 is 19.9 Å². The Morgan fingerprint density at radius 2 is 2.18 bits per heavy atom. The van der Waals surface area contributed by atoms with E-state index in [2.05, 4.69) is 15.6 Å². The number of anilines is 1. The summed E-state index contributed by atoms with van der Waals surface area (Å²) in [5, 5.41) is 13.0. The van der Waals surface area contributed by atoms with Crippen LogP contribution in [0.5, 0.6) is 5.75 Å². The predicted octanol–water partition coefficient (Wildman–Crippen LogP) is 1.80. The lowest BCUT2D eigenvalue weighted by Crippen LogP contribution is -2.52. The number of hydrogen-bond acceptors (Lipinski definition) is 5. The number of aromatic nitrogens is 1. The monoisotopic (exact) mass is 409 g/mol. The molecule has 11 heteroatoms. The number of methoxy groups -OCH3 is 1. The van der Waals surface area contributed by atoms with E-state index in [0.717, 1.165) is 12.1 Å². The van der Waals surface area contributed by atoms with E-state index in [1.54, 1.807) is 0 Å². The molecule has 8 nitrogen and oxygen atoms in total. The topological polar surface area (TPSA) is 113 Å². The van der Waals surface area contributed by atoms with Gasteiger partial charge in [0.2, 0.25) is 5.96 Å². The molecule has 1 aromatic heterocycles. The lowest BCUT2D eigenvalue weighted by molar-refractivity contribution is 0.101. The molecule has 3 rings (SSSR count). The third-order valence-corrected chi connectivity index (χ3v) is 5.55. The zero-order chi connectivity index (χ0) is 20.4. The van der Waals surface area contributed by atoms with Gasteiger partial charge in [-0.2, -0.15) is 4.31 Å². The van der Waals surface area contributed by atoms with Crippen LogP contribution in [0.3, 0.4) is 0 Å². The van der Waals surface area contributed by atoms with Gasteiger partial charge in [0.1, 0.15) is 17.6 Å². The first-order valence-electron chi connectivity index (χ1n) is 8.07. The second-order valence-corrected chi connectivity index (χ2v) is 7.45. The molecule has 0 bridgehead atoms. The lowest BCUT2D eigenvalue weighted by atomic mass is 10.1. The van der Waals surface area contributed by atoms with Crippen molar-refractivity contribution in [3.8, 4) is 5.75 Å². The fraction of sp³-hybridized carbons (Fsp3) is 0.235. The zero-order valence-electron chi connectivity index (χ0n) is 15.0. The number of ether oxygens (including phenoxy) is 1. The number of halogens is 2. The summed E-state index contributed by atoms with van der Waals surface area (Å²) in [6, 6.07) is 4.12. The molecule has 2 atom stereocenters. The first-order valence-corrected chi connectivity index (χ1v) is 9.35.